The van der Waals surface area contributed by atoms with E-state index in [4.69, 9.17) is 10.00 Å². The molecule has 0 spiro atoms. The van der Waals surface area contributed by atoms with Crippen LogP contribution in [0.2, 0.25) is 0 Å². The summed E-state index contributed by atoms with van der Waals surface area (Å²) in [6.45, 7) is 2.75. The molecule has 1 aliphatic rings. The van der Waals surface area contributed by atoms with Crippen molar-refractivity contribution < 1.29 is 9.13 Å². The fourth-order valence-corrected chi connectivity index (χ4v) is 2.29. The monoisotopic (exact) mass is 263 g/mol. The third-order valence-corrected chi connectivity index (χ3v) is 3.13. The van der Waals surface area contributed by atoms with Crippen molar-refractivity contribution in [2.45, 2.75) is 6.10 Å². The Morgan fingerprint density at radius 2 is 2.32 bits per heavy atom. The van der Waals surface area contributed by atoms with E-state index >= 15 is 0 Å². The number of halogens is 1. The molecule has 1 unspecified atom stereocenters. The molecule has 1 aliphatic heterocycles. The molecule has 1 aromatic carbocycles. The maximum Gasteiger partial charge on any atom is 0.147 e. The summed E-state index contributed by atoms with van der Waals surface area (Å²) >= 11 is 0. The normalized spacial score (nSPS) is 19.5. The van der Waals surface area contributed by atoms with Gasteiger partial charge < -0.3 is 14.5 Å². The van der Waals surface area contributed by atoms with E-state index in [0.29, 0.717) is 30.9 Å². The van der Waals surface area contributed by atoms with Gasteiger partial charge in [-0.15, -0.1) is 0 Å². The lowest BCUT2D eigenvalue weighted by Gasteiger charge is -2.35. The van der Waals surface area contributed by atoms with Crippen LogP contribution in [0.4, 0.5) is 10.1 Å². The molecule has 1 atom stereocenters. The maximum absolute atomic E-state index is 14.0. The van der Waals surface area contributed by atoms with Crippen molar-refractivity contribution in [3.05, 3.63) is 29.6 Å². The average molecular weight is 263 g/mol. The third kappa shape index (κ3) is 3.43. The van der Waals surface area contributed by atoms with Gasteiger partial charge in [-0.2, -0.15) is 5.26 Å². The molecule has 2 rings (SSSR count). The SMILES string of the molecule is CN(C)CC1CN(c2ccc(C#N)cc2F)CCO1. The highest BCUT2D eigenvalue weighted by Crippen LogP contribution is 2.22. The van der Waals surface area contributed by atoms with E-state index in [0.717, 1.165) is 6.54 Å². The summed E-state index contributed by atoms with van der Waals surface area (Å²) in [5.74, 6) is -0.343. The summed E-state index contributed by atoms with van der Waals surface area (Å²) in [4.78, 5) is 4.04. The molecule has 1 aromatic rings. The highest BCUT2D eigenvalue weighted by atomic mass is 19.1. The number of likely N-dealkylation sites (N-methyl/N-ethyl adjacent to an activating group) is 1. The van der Waals surface area contributed by atoms with Gasteiger partial charge in [0.15, 0.2) is 0 Å². The van der Waals surface area contributed by atoms with Gasteiger partial charge in [-0.3, -0.25) is 0 Å². The van der Waals surface area contributed by atoms with E-state index < -0.39 is 0 Å². The summed E-state index contributed by atoms with van der Waals surface area (Å²) < 4.78 is 19.6. The number of morpholine rings is 1. The molecular weight excluding hydrogens is 245 g/mol. The molecule has 0 saturated carbocycles. The Bertz CT molecular complexity index is 484. The van der Waals surface area contributed by atoms with Gasteiger partial charge in [-0.1, -0.05) is 0 Å². The zero-order chi connectivity index (χ0) is 13.8. The number of nitrogens with zero attached hydrogens (tertiary/aromatic N) is 3. The summed E-state index contributed by atoms with van der Waals surface area (Å²) in [6.07, 6.45) is 0.0822. The second kappa shape index (κ2) is 6.00. The number of nitriles is 1. The smallest absolute Gasteiger partial charge is 0.147 e. The Morgan fingerprint density at radius 1 is 1.53 bits per heavy atom. The van der Waals surface area contributed by atoms with Gasteiger partial charge in [-0.05, 0) is 32.3 Å². The topological polar surface area (TPSA) is 39.5 Å². The predicted octanol–water partition coefficient (Wildman–Crippen LogP) is 1.46. The van der Waals surface area contributed by atoms with Crippen LogP contribution in [-0.4, -0.2) is 51.3 Å². The second-order valence-corrected chi connectivity index (χ2v) is 4.98. The van der Waals surface area contributed by atoms with Crippen molar-refractivity contribution >= 4 is 5.69 Å². The Hall–Kier alpha value is -1.64. The summed E-state index contributed by atoms with van der Waals surface area (Å²) in [7, 11) is 3.98. The van der Waals surface area contributed by atoms with Gasteiger partial charge in [0.1, 0.15) is 5.82 Å². The first kappa shape index (κ1) is 13.8. The highest BCUT2D eigenvalue weighted by Gasteiger charge is 2.23. The van der Waals surface area contributed by atoms with E-state index in [2.05, 4.69) is 4.90 Å². The number of hydrogen-bond acceptors (Lipinski definition) is 4. The summed E-state index contributed by atoms with van der Waals surface area (Å²) in [5, 5.41) is 8.75. The zero-order valence-electron chi connectivity index (χ0n) is 11.3. The molecule has 0 amide bonds. The fraction of sp³-hybridized carbons (Fsp3) is 0.500. The van der Waals surface area contributed by atoms with Crippen molar-refractivity contribution in [2.75, 3.05) is 45.2 Å². The maximum atomic E-state index is 14.0. The highest BCUT2D eigenvalue weighted by molar-refractivity contribution is 5.51. The molecule has 1 fully saturated rings. The second-order valence-electron chi connectivity index (χ2n) is 4.98. The minimum absolute atomic E-state index is 0.0822. The Kier molecular flexibility index (Phi) is 4.35. The van der Waals surface area contributed by atoms with E-state index in [1.807, 2.05) is 25.1 Å². The Balaban J connectivity index is 2.11. The molecule has 4 nitrogen and oxygen atoms in total. The number of rotatable bonds is 3. The molecule has 1 heterocycles. The lowest BCUT2D eigenvalue weighted by atomic mass is 10.1. The molecule has 1 saturated heterocycles. The van der Waals surface area contributed by atoms with Gasteiger partial charge in [-0.25, -0.2) is 4.39 Å². The average Bonchev–Trinajstić information content (AvgIpc) is 2.38. The van der Waals surface area contributed by atoms with Crippen LogP contribution in [0.25, 0.3) is 0 Å². The Morgan fingerprint density at radius 3 is 2.95 bits per heavy atom. The van der Waals surface area contributed by atoms with Crippen LogP contribution in [-0.2, 0) is 4.74 Å². The van der Waals surface area contributed by atoms with Gasteiger partial charge in [0.25, 0.3) is 0 Å². The first-order valence-electron chi connectivity index (χ1n) is 6.31. The number of anilines is 1. The standard InChI is InChI=1S/C14H18FN3O/c1-17(2)9-12-10-18(5-6-19-12)14-4-3-11(8-16)7-13(14)15/h3-4,7,12H,5-6,9-10H2,1-2H3. The van der Waals surface area contributed by atoms with Crippen molar-refractivity contribution in [1.82, 2.24) is 4.90 Å². The van der Waals surface area contributed by atoms with Crippen LogP contribution in [0.15, 0.2) is 18.2 Å². The van der Waals surface area contributed by atoms with Crippen LogP contribution < -0.4 is 4.90 Å². The van der Waals surface area contributed by atoms with E-state index in [9.17, 15) is 4.39 Å². The van der Waals surface area contributed by atoms with Gasteiger partial charge >= 0.3 is 0 Å². The van der Waals surface area contributed by atoms with Gasteiger partial charge in [0, 0.05) is 19.6 Å². The molecule has 102 valence electrons. The van der Waals surface area contributed by atoms with Crippen LogP contribution in [0.5, 0.6) is 0 Å². The molecule has 0 aromatic heterocycles. The van der Waals surface area contributed by atoms with Crippen LogP contribution >= 0.6 is 0 Å². The van der Waals surface area contributed by atoms with Crippen LogP contribution in [0.1, 0.15) is 5.56 Å². The molecule has 0 N–H and O–H groups in total. The number of hydrogen-bond donors (Lipinski definition) is 0. The molecule has 19 heavy (non-hydrogen) atoms. The quantitative estimate of drug-likeness (QED) is 0.828. The predicted molar refractivity (Wildman–Crippen MR) is 71.6 cm³/mol. The van der Waals surface area contributed by atoms with E-state index in [1.165, 1.54) is 6.07 Å². The lowest BCUT2D eigenvalue weighted by Crippen LogP contribution is -2.46. The van der Waals surface area contributed by atoms with Gasteiger partial charge in [0.2, 0.25) is 0 Å². The lowest BCUT2D eigenvalue weighted by molar-refractivity contribution is 0.0246. The minimum Gasteiger partial charge on any atom is -0.373 e. The molecule has 0 bridgehead atoms. The molecule has 0 aliphatic carbocycles. The van der Waals surface area contributed by atoms with E-state index in [1.54, 1.807) is 12.1 Å². The largest absolute Gasteiger partial charge is 0.373 e. The van der Waals surface area contributed by atoms with Crippen molar-refractivity contribution in [1.29, 1.82) is 5.26 Å². The number of benzene rings is 1. The van der Waals surface area contributed by atoms with E-state index in [-0.39, 0.29) is 11.9 Å². The molecular formula is C14H18FN3O. The van der Waals surface area contributed by atoms with Crippen molar-refractivity contribution in [2.24, 2.45) is 0 Å². The summed E-state index contributed by atoms with van der Waals surface area (Å²) in [5.41, 5.74) is 0.894. The first-order chi connectivity index (χ1) is 9.10. The Labute approximate surface area is 113 Å². The minimum atomic E-state index is -0.343. The first-order valence-corrected chi connectivity index (χ1v) is 6.31. The summed E-state index contributed by atoms with van der Waals surface area (Å²) in [6, 6.07) is 6.55. The molecule has 5 heteroatoms. The van der Waals surface area contributed by atoms with Crippen LogP contribution in [0.3, 0.4) is 0 Å². The van der Waals surface area contributed by atoms with Gasteiger partial charge in [0.05, 0.1) is 30.0 Å². The third-order valence-electron chi connectivity index (χ3n) is 3.13. The van der Waals surface area contributed by atoms with Crippen LogP contribution in [0, 0.1) is 17.1 Å². The molecule has 0 radical (unpaired) electrons. The zero-order valence-corrected chi connectivity index (χ0v) is 11.3. The fourth-order valence-electron chi connectivity index (χ4n) is 2.29. The number of ether oxygens (including phenoxy) is 1. The van der Waals surface area contributed by atoms with Crippen molar-refractivity contribution in [3.63, 3.8) is 0 Å². The van der Waals surface area contributed by atoms with Crippen molar-refractivity contribution in [3.8, 4) is 6.07 Å².